The van der Waals surface area contributed by atoms with E-state index in [1.165, 1.54) is 6.42 Å². The van der Waals surface area contributed by atoms with E-state index in [1.807, 2.05) is 6.92 Å². The smallest absolute Gasteiger partial charge is 0.245 e. The Hall–Kier alpha value is -0.320. The largest absolute Gasteiger partial charge is 0.372 e. The zero-order valence-corrected chi connectivity index (χ0v) is 11.1. The van der Waals surface area contributed by atoms with E-state index in [1.54, 1.807) is 0 Å². The zero-order valence-electron chi connectivity index (χ0n) is 10.3. The molecule has 3 N–H and O–H groups in total. The fourth-order valence-electron chi connectivity index (χ4n) is 1.11. The minimum atomic E-state index is -0.0489. The predicted molar refractivity (Wildman–Crippen MR) is 68.9 cm³/mol. The second-order valence-corrected chi connectivity index (χ2v) is 3.88. The molecule has 1 unspecified atom stereocenters. The van der Waals surface area contributed by atoms with Crippen molar-refractivity contribution in [2.24, 2.45) is 5.73 Å². The van der Waals surface area contributed by atoms with Crippen LogP contribution in [-0.4, -0.2) is 31.7 Å². The van der Waals surface area contributed by atoms with E-state index in [0.717, 1.165) is 19.3 Å². The molecule has 0 fully saturated rings. The van der Waals surface area contributed by atoms with Crippen LogP contribution in [0, 0.1) is 0 Å². The molecule has 0 aliphatic rings. The average Bonchev–Trinajstić information content (AvgIpc) is 2.17. The van der Waals surface area contributed by atoms with Crippen molar-refractivity contribution in [2.75, 3.05) is 19.8 Å². The van der Waals surface area contributed by atoms with Gasteiger partial charge in [-0.25, -0.2) is 0 Å². The molecular formula is C11H25ClN2O2. The number of nitrogens with one attached hydrogen (secondary N) is 1. The summed E-state index contributed by atoms with van der Waals surface area (Å²) in [4.78, 5) is 11.2. The summed E-state index contributed by atoms with van der Waals surface area (Å²) in [6.45, 7) is 5.54. The monoisotopic (exact) mass is 252 g/mol. The SMILES string of the molecule is CCCCCOCC(=O)NCCC(C)N.Cl. The van der Waals surface area contributed by atoms with Crippen molar-refractivity contribution in [3.63, 3.8) is 0 Å². The van der Waals surface area contributed by atoms with Crippen molar-refractivity contribution in [3.8, 4) is 0 Å². The maximum Gasteiger partial charge on any atom is 0.245 e. The third-order valence-electron chi connectivity index (χ3n) is 2.05. The Labute approximate surface area is 105 Å². The van der Waals surface area contributed by atoms with Crippen molar-refractivity contribution >= 4 is 18.3 Å². The highest BCUT2D eigenvalue weighted by Crippen LogP contribution is 1.93. The summed E-state index contributed by atoms with van der Waals surface area (Å²) in [6, 6.07) is 0.135. The summed E-state index contributed by atoms with van der Waals surface area (Å²) in [5.74, 6) is -0.0489. The van der Waals surface area contributed by atoms with E-state index in [4.69, 9.17) is 10.5 Å². The third-order valence-corrected chi connectivity index (χ3v) is 2.05. The van der Waals surface area contributed by atoms with Crippen LogP contribution in [0.2, 0.25) is 0 Å². The minimum absolute atomic E-state index is 0. The number of unbranched alkanes of at least 4 members (excludes halogenated alkanes) is 2. The summed E-state index contributed by atoms with van der Waals surface area (Å²) in [5.41, 5.74) is 5.55. The average molecular weight is 253 g/mol. The van der Waals surface area contributed by atoms with Crippen LogP contribution in [0.3, 0.4) is 0 Å². The van der Waals surface area contributed by atoms with Crippen LogP contribution in [0.25, 0.3) is 0 Å². The van der Waals surface area contributed by atoms with Crippen LogP contribution in [0.15, 0.2) is 0 Å². The molecule has 0 radical (unpaired) electrons. The van der Waals surface area contributed by atoms with E-state index in [-0.39, 0.29) is 31.0 Å². The number of amides is 1. The molecule has 98 valence electrons. The number of nitrogens with two attached hydrogens (primary N) is 1. The second-order valence-electron chi connectivity index (χ2n) is 3.88. The number of halogens is 1. The molecule has 0 aliphatic carbocycles. The Bertz CT molecular complexity index is 166. The summed E-state index contributed by atoms with van der Waals surface area (Å²) < 4.78 is 5.21. The Morgan fingerprint density at radius 3 is 2.69 bits per heavy atom. The number of rotatable bonds is 9. The topological polar surface area (TPSA) is 64.3 Å². The number of ether oxygens (including phenoxy) is 1. The number of carbonyl (C=O) groups excluding carboxylic acids is 1. The van der Waals surface area contributed by atoms with E-state index in [9.17, 15) is 4.79 Å². The highest BCUT2D eigenvalue weighted by molar-refractivity contribution is 5.85. The van der Waals surface area contributed by atoms with Crippen molar-refractivity contribution in [3.05, 3.63) is 0 Å². The Kier molecular flexibility index (Phi) is 14.4. The van der Waals surface area contributed by atoms with Gasteiger partial charge in [0.05, 0.1) is 0 Å². The third kappa shape index (κ3) is 13.7. The fraction of sp³-hybridized carbons (Fsp3) is 0.909. The molecular weight excluding hydrogens is 228 g/mol. The maximum absolute atomic E-state index is 11.2. The summed E-state index contributed by atoms with van der Waals surface area (Å²) in [7, 11) is 0. The van der Waals surface area contributed by atoms with Crippen molar-refractivity contribution in [2.45, 2.75) is 45.6 Å². The first-order valence-corrected chi connectivity index (χ1v) is 5.76. The quantitative estimate of drug-likeness (QED) is 0.611. The molecule has 5 heteroatoms. The van der Waals surface area contributed by atoms with Gasteiger partial charge < -0.3 is 15.8 Å². The first kappa shape index (κ1) is 18.1. The normalized spacial score (nSPS) is 11.7. The number of carbonyl (C=O) groups is 1. The van der Waals surface area contributed by atoms with E-state index < -0.39 is 0 Å². The summed E-state index contributed by atoms with van der Waals surface area (Å²) in [6.07, 6.45) is 4.17. The molecule has 0 aromatic carbocycles. The van der Waals surface area contributed by atoms with Gasteiger partial charge in [-0.2, -0.15) is 0 Å². The van der Waals surface area contributed by atoms with Crippen LogP contribution < -0.4 is 11.1 Å². The van der Waals surface area contributed by atoms with Crippen LogP contribution in [0.1, 0.15) is 39.5 Å². The van der Waals surface area contributed by atoms with Gasteiger partial charge in [-0.1, -0.05) is 19.8 Å². The van der Waals surface area contributed by atoms with Gasteiger partial charge in [0.15, 0.2) is 0 Å². The molecule has 0 bridgehead atoms. The Morgan fingerprint density at radius 1 is 1.44 bits per heavy atom. The Balaban J connectivity index is 0. The molecule has 1 atom stereocenters. The van der Waals surface area contributed by atoms with Gasteiger partial charge in [-0.15, -0.1) is 12.4 Å². The Morgan fingerprint density at radius 2 is 2.12 bits per heavy atom. The lowest BCUT2D eigenvalue weighted by Crippen LogP contribution is -2.31. The van der Waals surface area contributed by atoms with Crippen LogP contribution in [-0.2, 0) is 9.53 Å². The molecule has 0 aromatic rings. The minimum Gasteiger partial charge on any atom is -0.372 e. The lowest BCUT2D eigenvalue weighted by molar-refractivity contribution is -0.125. The second kappa shape index (κ2) is 12.7. The van der Waals surface area contributed by atoms with E-state index in [2.05, 4.69) is 12.2 Å². The molecule has 16 heavy (non-hydrogen) atoms. The van der Waals surface area contributed by atoms with Gasteiger partial charge >= 0.3 is 0 Å². The first-order valence-electron chi connectivity index (χ1n) is 5.76. The van der Waals surface area contributed by atoms with Crippen molar-refractivity contribution in [1.29, 1.82) is 0 Å². The van der Waals surface area contributed by atoms with Gasteiger partial charge in [0.2, 0.25) is 5.91 Å². The van der Waals surface area contributed by atoms with Gasteiger partial charge in [0, 0.05) is 19.2 Å². The molecule has 0 saturated carbocycles. The first-order chi connectivity index (χ1) is 7.16. The molecule has 1 amide bonds. The molecule has 0 saturated heterocycles. The van der Waals surface area contributed by atoms with Gasteiger partial charge in [0.1, 0.15) is 6.61 Å². The van der Waals surface area contributed by atoms with Gasteiger partial charge in [0.25, 0.3) is 0 Å². The molecule has 0 aromatic heterocycles. The zero-order chi connectivity index (χ0) is 11.5. The van der Waals surface area contributed by atoms with Crippen LogP contribution >= 0.6 is 12.4 Å². The van der Waals surface area contributed by atoms with Crippen LogP contribution in [0.5, 0.6) is 0 Å². The van der Waals surface area contributed by atoms with Gasteiger partial charge in [-0.3, -0.25) is 4.79 Å². The lowest BCUT2D eigenvalue weighted by Gasteiger charge is -2.07. The van der Waals surface area contributed by atoms with Crippen LogP contribution in [0.4, 0.5) is 0 Å². The molecule has 0 spiro atoms. The van der Waals surface area contributed by atoms with E-state index >= 15 is 0 Å². The standard InChI is InChI=1S/C11H24N2O2.ClH/c1-3-4-5-8-15-9-11(14)13-7-6-10(2)12;/h10H,3-9,12H2,1-2H3,(H,13,14);1H. The summed E-state index contributed by atoms with van der Waals surface area (Å²) >= 11 is 0. The number of hydrogen-bond acceptors (Lipinski definition) is 3. The molecule has 0 heterocycles. The molecule has 0 rings (SSSR count). The number of hydrogen-bond donors (Lipinski definition) is 2. The maximum atomic E-state index is 11.2. The molecule has 4 nitrogen and oxygen atoms in total. The summed E-state index contributed by atoms with van der Waals surface area (Å²) in [5, 5.41) is 2.76. The van der Waals surface area contributed by atoms with Gasteiger partial charge in [-0.05, 0) is 19.8 Å². The van der Waals surface area contributed by atoms with Crippen molar-refractivity contribution < 1.29 is 9.53 Å². The fourth-order valence-corrected chi connectivity index (χ4v) is 1.11. The highest BCUT2D eigenvalue weighted by Gasteiger charge is 2.01. The van der Waals surface area contributed by atoms with Crippen molar-refractivity contribution in [1.82, 2.24) is 5.32 Å². The lowest BCUT2D eigenvalue weighted by atomic mass is 10.2. The predicted octanol–water partition coefficient (Wildman–Crippen LogP) is 1.47. The van der Waals surface area contributed by atoms with E-state index in [0.29, 0.717) is 13.2 Å². The molecule has 0 aliphatic heterocycles. The highest BCUT2D eigenvalue weighted by atomic mass is 35.5.